The summed E-state index contributed by atoms with van der Waals surface area (Å²) in [5, 5.41) is 0. The van der Waals surface area contributed by atoms with Crippen LogP contribution in [0.1, 0.15) is 20.8 Å². The quantitative estimate of drug-likeness (QED) is 0.622. The molecule has 62 valence electrons. The Bertz CT molecular complexity index is 151. The first-order chi connectivity index (χ1) is 4.27. The van der Waals surface area contributed by atoms with E-state index in [2.05, 4.69) is 4.52 Å². The van der Waals surface area contributed by atoms with Gasteiger partial charge in [0.05, 0.1) is 5.60 Å². The first kappa shape index (κ1) is 10.4. The van der Waals surface area contributed by atoms with Crippen molar-refractivity contribution < 1.29 is 13.6 Å². The van der Waals surface area contributed by atoms with Crippen LogP contribution in [0.2, 0.25) is 0 Å². The highest BCUT2D eigenvalue weighted by Gasteiger charge is 2.26. The lowest BCUT2D eigenvalue weighted by Crippen LogP contribution is -2.16. The van der Waals surface area contributed by atoms with Crippen LogP contribution in [0.15, 0.2) is 0 Å². The van der Waals surface area contributed by atoms with Crippen LogP contribution >= 0.6 is 18.2 Å². The molecule has 0 N–H and O–H groups in total. The molecule has 0 heterocycles. The van der Waals surface area contributed by atoms with Gasteiger partial charge in [0.2, 0.25) is 0 Å². The fraction of sp³-hybridized carbons (Fsp3) is 1.00. The van der Waals surface area contributed by atoms with Gasteiger partial charge in [0.1, 0.15) is 0 Å². The maximum Gasteiger partial charge on any atom is 0.424 e. The van der Waals surface area contributed by atoms with E-state index >= 15 is 0 Å². The Kier molecular flexibility index (Phi) is 3.37. The highest BCUT2D eigenvalue weighted by atomic mass is 35.7. The molecule has 0 aromatic rings. The fourth-order valence-electron chi connectivity index (χ4n) is 0.364. The van der Waals surface area contributed by atoms with Crippen molar-refractivity contribution >= 4 is 18.2 Å². The molecule has 0 fully saturated rings. The monoisotopic (exact) mass is 186 g/mol. The zero-order chi connectivity index (χ0) is 8.41. The zero-order valence-electron chi connectivity index (χ0n) is 6.55. The molecule has 0 aliphatic heterocycles. The average molecular weight is 187 g/mol. The Morgan fingerprint density at radius 1 is 1.40 bits per heavy atom. The number of rotatable bonds is 2. The topological polar surface area (TPSA) is 35.5 Å². The molecule has 0 aliphatic rings. The summed E-state index contributed by atoms with van der Waals surface area (Å²) in [4.78, 5) is 0. The lowest BCUT2D eigenvalue weighted by Gasteiger charge is -2.21. The molecule has 0 saturated carbocycles. The number of halogens is 1. The lowest BCUT2D eigenvalue weighted by atomic mass is 10.2. The summed E-state index contributed by atoms with van der Waals surface area (Å²) in [5.41, 5.74) is -0.534. The van der Waals surface area contributed by atoms with Gasteiger partial charge in [0, 0.05) is 18.4 Å². The minimum absolute atomic E-state index is 0.534. The molecule has 10 heavy (non-hydrogen) atoms. The van der Waals surface area contributed by atoms with Gasteiger partial charge in [-0.15, -0.1) is 0 Å². The highest BCUT2D eigenvalue weighted by molar-refractivity contribution is 7.81. The summed E-state index contributed by atoms with van der Waals surface area (Å²) in [6, 6.07) is 0. The SMILES string of the molecule is COP(=O)(Cl)OC(C)(C)C. The zero-order valence-corrected chi connectivity index (χ0v) is 8.20. The second kappa shape index (κ2) is 3.22. The van der Waals surface area contributed by atoms with Crippen molar-refractivity contribution in [2.75, 3.05) is 7.11 Å². The van der Waals surface area contributed by atoms with Gasteiger partial charge in [-0.25, -0.2) is 4.57 Å². The summed E-state index contributed by atoms with van der Waals surface area (Å²) in [6.07, 6.45) is 0. The van der Waals surface area contributed by atoms with Crippen LogP contribution in [0.3, 0.4) is 0 Å². The van der Waals surface area contributed by atoms with E-state index in [4.69, 9.17) is 15.8 Å². The Balaban J connectivity index is 4.03. The molecule has 0 bridgehead atoms. The second-order valence-electron chi connectivity index (χ2n) is 2.82. The molecular weight excluding hydrogens is 174 g/mol. The third-order valence-corrected chi connectivity index (χ3v) is 2.42. The molecule has 5 heteroatoms. The van der Waals surface area contributed by atoms with Crippen LogP contribution in [0.4, 0.5) is 0 Å². The molecule has 0 saturated heterocycles. The first-order valence-electron chi connectivity index (χ1n) is 2.83. The van der Waals surface area contributed by atoms with Gasteiger partial charge in [0.15, 0.2) is 0 Å². The summed E-state index contributed by atoms with van der Waals surface area (Å²) in [5.74, 6) is 0. The van der Waals surface area contributed by atoms with Crippen molar-refractivity contribution in [2.45, 2.75) is 26.4 Å². The van der Waals surface area contributed by atoms with Crippen LogP contribution in [-0.4, -0.2) is 12.7 Å². The van der Waals surface area contributed by atoms with Crippen molar-refractivity contribution in [1.29, 1.82) is 0 Å². The molecule has 0 aromatic heterocycles. The normalized spacial score (nSPS) is 18.5. The predicted molar refractivity (Wildman–Crippen MR) is 41.3 cm³/mol. The molecule has 0 radical (unpaired) electrons. The van der Waals surface area contributed by atoms with E-state index < -0.39 is 12.5 Å². The van der Waals surface area contributed by atoms with Gasteiger partial charge < -0.3 is 4.52 Å². The Hall–Kier alpha value is 0.440. The van der Waals surface area contributed by atoms with Crippen LogP contribution in [0.25, 0.3) is 0 Å². The lowest BCUT2D eigenvalue weighted by molar-refractivity contribution is 0.112. The molecule has 0 rings (SSSR count). The standard InChI is InChI=1S/C5H12ClO3P/c1-5(2,3)9-10(6,7)8-4/h1-4H3. The number of hydrogen-bond acceptors (Lipinski definition) is 3. The van der Waals surface area contributed by atoms with Crippen LogP contribution in [-0.2, 0) is 13.6 Å². The minimum atomic E-state index is -3.32. The molecule has 0 aliphatic carbocycles. The molecule has 1 unspecified atom stereocenters. The van der Waals surface area contributed by atoms with E-state index in [0.717, 1.165) is 0 Å². The fourth-order valence-corrected chi connectivity index (χ4v) is 1.71. The van der Waals surface area contributed by atoms with Gasteiger partial charge in [-0.05, 0) is 20.8 Å². The molecular formula is C5H12ClO3P. The molecule has 3 nitrogen and oxygen atoms in total. The van der Waals surface area contributed by atoms with Crippen LogP contribution in [0.5, 0.6) is 0 Å². The highest BCUT2D eigenvalue weighted by Crippen LogP contribution is 2.55. The van der Waals surface area contributed by atoms with E-state index in [1.165, 1.54) is 7.11 Å². The Labute approximate surface area is 66.0 Å². The van der Waals surface area contributed by atoms with Crippen molar-refractivity contribution in [3.05, 3.63) is 0 Å². The Morgan fingerprint density at radius 2 is 1.80 bits per heavy atom. The van der Waals surface area contributed by atoms with Gasteiger partial charge in [-0.2, -0.15) is 0 Å². The average Bonchev–Trinajstić information content (AvgIpc) is 1.60. The summed E-state index contributed by atoms with van der Waals surface area (Å²) >= 11 is 5.32. The first-order valence-corrected chi connectivity index (χ1v) is 5.28. The summed E-state index contributed by atoms with van der Waals surface area (Å²) in [6.45, 7) is 1.93. The Morgan fingerprint density at radius 3 is 1.90 bits per heavy atom. The maximum atomic E-state index is 10.9. The van der Waals surface area contributed by atoms with Crippen LogP contribution in [0, 0.1) is 0 Å². The number of hydrogen-bond donors (Lipinski definition) is 0. The largest absolute Gasteiger partial charge is 0.424 e. The molecule has 0 spiro atoms. The third-order valence-electron chi connectivity index (χ3n) is 0.601. The van der Waals surface area contributed by atoms with Gasteiger partial charge in [-0.1, -0.05) is 0 Å². The summed E-state index contributed by atoms with van der Waals surface area (Å²) in [7, 11) is 1.25. The molecule has 0 aromatic carbocycles. The van der Waals surface area contributed by atoms with E-state index in [1.807, 2.05) is 0 Å². The van der Waals surface area contributed by atoms with E-state index in [9.17, 15) is 4.57 Å². The van der Waals surface area contributed by atoms with Crippen molar-refractivity contribution in [1.82, 2.24) is 0 Å². The van der Waals surface area contributed by atoms with Crippen molar-refractivity contribution in [2.24, 2.45) is 0 Å². The minimum Gasteiger partial charge on any atom is -0.300 e. The van der Waals surface area contributed by atoms with E-state index in [1.54, 1.807) is 20.8 Å². The predicted octanol–water partition coefficient (Wildman–Crippen LogP) is 2.79. The van der Waals surface area contributed by atoms with Crippen LogP contribution < -0.4 is 0 Å². The maximum absolute atomic E-state index is 10.9. The summed E-state index contributed by atoms with van der Waals surface area (Å²) < 4.78 is 20.2. The molecule has 1 atom stereocenters. The second-order valence-corrected chi connectivity index (χ2v) is 5.47. The van der Waals surface area contributed by atoms with Gasteiger partial charge in [0.25, 0.3) is 0 Å². The van der Waals surface area contributed by atoms with Crippen molar-refractivity contribution in [3.8, 4) is 0 Å². The third kappa shape index (κ3) is 5.24. The smallest absolute Gasteiger partial charge is 0.300 e. The van der Waals surface area contributed by atoms with Crippen molar-refractivity contribution in [3.63, 3.8) is 0 Å². The van der Waals surface area contributed by atoms with Gasteiger partial charge >= 0.3 is 6.95 Å². The van der Waals surface area contributed by atoms with Gasteiger partial charge in [-0.3, -0.25) is 4.52 Å². The molecule has 0 amide bonds. The van der Waals surface area contributed by atoms with E-state index in [-0.39, 0.29) is 0 Å². The van der Waals surface area contributed by atoms with E-state index in [0.29, 0.717) is 0 Å².